The van der Waals surface area contributed by atoms with Gasteiger partial charge < -0.3 is 28.1 Å². The highest BCUT2D eigenvalue weighted by atomic mass is 31.2. The maximum Gasteiger partial charge on any atom is 0.330 e. The fourth-order valence-electron chi connectivity index (χ4n) is 9.17. The third kappa shape index (κ3) is 12.4. The van der Waals surface area contributed by atoms with Crippen molar-refractivity contribution in [3.63, 3.8) is 0 Å². The highest BCUT2D eigenvalue weighted by molar-refractivity contribution is 7.86. The number of fused-ring (bicyclic) bond motifs is 2. The molecule has 12 heteroatoms. The molecule has 0 heterocycles. The summed E-state index contributed by atoms with van der Waals surface area (Å²) in [5.41, 5.74) is 1.04. The summed E-state index contributed by atoms with van der Waals surface area (Å²) in [6.45, 7) is 14.1. The lowest BCUT2D eigenvalue weighted by Crippen LogP contribution is -2.30. The van der Waals surface area contributed by atoms with Gasteiger partial charge in [-0.15, -0.1) is 0 Å². The third-order valence-corrected chi connectivity index (χ3v) is 19.3. The summed E-state index contributed by atoms with van der Waals surface area (Å²) >= 11 is 0. The molecule has 0 spiro atoms. The monoisotopic (exact) mass is 1070 g/mol. The van der Waals surface area contributed by atoms with Crippen LogP contribution in [-0.4, -0.2) is 50.3 Å². The van der Waals surface area contributed by atoms with Gasteiger partial charge in [-0.3, -0.25) is 0 Å². The van der Waals surface area contributed by atoms with Gasteiger partial charge in [-0.2, -0.15) is 0 Å². The predicted octanol–water partition coefficient (Wildman–Crippen LogP) is 11.6. The molecule has 0 aliphatic heterocycles. The van der Waals surface area contributed by atoms with Gasteiger partial charge in [0.15, 0.2) is 14.3 Å². The van der Waals surface area contributed by atoms with E-state index in [1.54, 1.807) is 12.2 Å². The lowest BCUT2D eigenvalue weighted by molar-refractivity contribution is -0.148. The van der Waals surface area contributed by atoms with Crippen molar-refractivity contribution >= 4 is 104 Å². The zero-order chi connectivity index (χ0) is 55.5. The van der Waals surface area contributed by atoms with Crippen molar-refractivity contribution in [1.29, 1.82) is 0 Å². The van der Waals surface area contributed by atoms with Gasteiger partial charge in [-0.1, -0.05) is 211 Å². The molecule has 0 amide bonds. The van der Waals surface area contributed by atoms with Crippen LogP contribution in [0.4, 0.5) is 0 Å². The summed E-state index contributed by atoms with van der Waals surface area (Å²) in [5.74, 6) is -2.38. The molecule has 8 rings (SSSR count). The SMILES string of the molecule is C=CC(=O)OCC(C)(C)COC(=O)C=Cc1cccc2c(-c3c(P(=O)(c4ccccc4)c4ccccc4)ccc4c(C=CC(=O)OCC(C)(C)COC(=O)C=C)cccc34)c(P(=O)(c3ccccc3)c3ccccc3)ccc12. The van der Waals surface area contributed by atoms with Gasteiger partial charge in [-0.05, 0) is 57.0 Å². The Kier molecular flexibility index (Phi) is 17.4. The molecule has 0 aromatic heterocycles. The molecule has 0 atom stereocenters. The number of carbonyl (C=O) groups excluding carboxylic acids is 4. The van der Waals surface area contributed by atoms with E-state index < -0.39 is 49.0 Å². The van der Waals surface area contributed by atoms with Crippen LogP contribution in [0.5, 0.6) is 0 Å². The van der Waals surface area contributed by atoms with Crippen molar-refractivity contribution in [2.24, 2.45) is 10.8 Å². The van der Waals surface area contributed by atoms with Crippen LogP contribution >= 0.6 is 14.3 Å². The molecule has 0 N–H and O–H groups in total. The van der Waals surface area contributed by atoms with Crippen LogP contribution in [0.15, 0.2) is 219 Å². The van der Waals surface area contributed by atoms with Gasteiger partial charge in [0.05, 0.1) is 26.4 Å². The van der Waals surface area contributed by atoms with E-state index >= 15 is 9.13 Å². The van der Waals surface area contributed by atoms with E-state index in [0.717, 1.165) is 12.2 Å². The summed E-state index contributed by atoms with van der Waals surface area (Å²) < 4.78 is 55.9. The fourth-order valence-corrected chi connectivity index (χ4v) is 14.9. The Bertz CT molecular complexity index is 3360. The van der Waals surface area contributed by atoms with E-state index in [1.165, 1.54) is 12.2 Å². The molecule has 8 aromatic rings. The normalized spacial score (nSPS) is 12.1. The molecule has 0 saturated carbocycles. The van der Waals surface area contributed by atoms with E-state index in [2.05, 4.69) is 13.2 Å². The summed E-state index contributed by atoms with van der Waals surface area (Å²) in [5, 5.41) is 6.01. The van der Waals surface area contributed by atoms with E-state index in [-0.39, 0.29) is 26.4 Å². The minimum atomic E-state index is -3.86. The molecule has 0 fully saturated rings. The van der Waals surface area contributed by atoms with E-state index in [4.69, 9.17) is 18.9 Å². The van der Waals surface area contributed by atoms with Crippen LogP contribution in [0, 0.1) is 10.8 Å². The Morgan fingerprint density at radius 3 is 0.974 bits per heavy atom. The Labute approximate surface area is 455 Å². The van der Waals surface area contributed by atoms with Crippen molar-refractivity contribution in [2.45, 2.75) is 27.7 Å². The molecule has 0 bridgehead atoms. The number of benzene rings is 8. The van der Waals surface area contributed by atoms with Gasteiger partial charge in [0.2, 0.25) is 0 Å². The Hall–Kier alpha value is -8.42. The average Bonchev–Trinajstić information content (AvgIpc) is 3.65. The first-order valence-electron chi connectivity index (χ1n) is 25.3. The molecule has 0 unspecified atom stereocenters. The summed E-state index contributed by atoms with van der Waals surface area (Å²) in [7, 11) is -7.72. The number of hydrogen-bond donors (Lipinski definition) is 0. The molecular weight excluding hydrogens is 1010 g/mol. The highest BCUT2D eigenvalue weighted by Crippen LogP contribution is 2.52. The summed E-state index contributed by atoms with van der Waals surface area (Å²) in [4.78, 5) is 50.5. The van der Waals surface area contributed by atoms with Gasteiger partial charge in [0.1, 0.15) is 0 Å². The van der Waals surface area contributed by atoms with Crippen LogP contribution in [0.1, 0.15) is 38.8 Å². The van der Waals surface area contributed by atoms with Crippen LogP contribution in [0.25, 0.3) is 44.8 Å². The lowest BCUT2D eigenvalue weighted by atomic mass is 9.91. The maximum atomic E-state index is 17.0. The van der Waals surface area contributed by atoms with Crippen LogP contribution in [0.2, 0.25) is 0 Å². The molecule has 0 radical (unpaired) electrons. The zero-order valence-electron chi connectivity index (χ0n) is 44.0. The number of carbonyl (C=O) groups is 4. The molecule has 78 heavy (non-hydrogen) atoms. The minimum Gasteiger partial charge on any atom is -0.462 e. The second kappa shape index (κ2) is 24.3. The summed E-state index contributed by atoms with van der Waals surface area (Å²) in [6.07, 6.45) is 8.19. The van der Waals surface area contributed by atoms with Crippen molar-refractivity contribution in [1.82, 2.24) is 0 Å². The average molecular weight is 1080 g/mol. The molecule has 0 aliphatic carbocycles. The molecular formula is C66H60O10P2. The quantitative estimate of drug-likeness (QED) is 0.0296. The highest BCUT2D eigenvalue weighted by Gasteiger charge is 2.38. The van der Waals surface area contributed by atoms with E-state index in [1.807, 2.05) is 210 Å². The first-order chi connectivity index (χ1) is 37.5. The first kappa shape index (κ1) is 55.8. The smallest absolute Gasteiger partial charge is 0.330 e. The van der Waals surface area contributed by atoms with E-state index in [0.29, 0.717) is 75.6 Å². The maximum absolute atomic E-state index is 17.0. The number of hydrogen-bond acceptors (Lipinski definition) is 10. The van der Waals surface area contributed by atoms with Crippen LogP contribution < -0.4 is 31.8 Å². The first-order valence-corrected chi connectivity index (χ1v) is 28.7. The summed E-state index contributed by atoms with van der Waals surface area (Å²) in [6, 6.07) is 56.5. The molecule has 10 nitrogen and oxygen atoms in total. The molecule has 394 valence electrons. The second-order valence-electron chi connectivity index (χ2n) is 20.2. The lowest BCUT2D eigenvalue weighted by Gasteiger charge is -2.29. The standard InChI is InChI=1S/C66H60O10P2/c1-7-59(67)73-43-65(3,4)45-75-61(69)41-35-47-23-21-33-55-53(47)37-39-57(77(71,49-25-13-9-14-26-49)50-27-15-10-16-28-50)63(55)64-56-34-22-24-48(36-42-62(70)76-46-66(5,6)44-74-60(68)8-2)54(56)38-40-58(64)78(72,51-29-17-11-18-30-51)52-31-19-12-20-32-52/h7-42H,1-2,43-46H2,3-6H3. The zero-order valence-corrected chi connectivity index (χ0v) is 45.8. The fraction of sp³-hybridized carbons (Fsp3) is 0.152. The van der Waals surface area contributed by atoms with Crippen molar-refractivity contribution in [2.75, 3.05) is 26.4 Å². The van der Waals surface area contributed by atoms with Gasteiger partial charge in [0, 0.05) is 78.1 Å². The van der Waals surface area contributed by atoms with E-state index in [9.17, 15) is 19.2 Å². The number of ether oxygens (including phenoxy) is 4. The Balaban J connectivity index is 1.40. The number of esters is 4. The minimum absolute atomic E-state index is 0.0114. The van der Waals surface area contributed by atoms with Crippen molar-refractivity contribution < 1.29 is 47.3 Å². The van der Waals surface area contributed by atoms with Crippen molar-refractivity contribution in [3.8, 4) is 11.1 Å². The largest absolute Gasteiger partial charge is 0.462 e. The topological polar surface area (TPSA) is 139 Å². The molecule has 0 aliphatic rings. The molecule has 0 saturated heterocycles. The third-order valence-electron chi connectivity index (χ3n) is 13.1. The van der Waals surface area contributed by atoms with Crippen LogP contribution in [-0.2, 0) is 47.3 Å². The van der Waals surface area contributed by atoms with Gasteiger partial charge in [-0.25, -0.2) is 19.2 Å². The van der Waals surface area contributed by atoms with Gasteiger partial charge in [0.25, 0.3) is 0 Å². The van der Waals surface area contributed by atoms with Crippen LogP contribution in [0.3, 0.4) is 0 Å². The molecule has 8 aromatic carbocycles. The van der Waals surface area contributed by atoms with Gasteiger partial charge >= 0.3 is 23.9 Å². The Morgan fingerprint density at radius 1 is 0.385 bits per heavy atom. The number of rotatable bonds is 21. The Morgan fingerprint density at radius 2 is 0.679 bits per heavy atom. The predicted molar refractivity (Wildman–Crippen MR) is 316 cm³/mol. The van der Waals surface area contributed by atoms with Crippen molar-refractivity contribution in [3.05, 3.63) is 231 Å². The second-order valence-corrected chi connectivity index (χ2v) is 25.7.